The van der Waals surface area contributed by atoms with Crippen LogP contribution >= 0.6 is 0 Å². The van der Waals surface area contributed by atoms with Crippen molar-refractivity contribution < 1.29 is 13.2 Å². The summed E-state index contributed by atoms with van der Waals surface area (Å²) in [6.07, 6.45) is -0.173. The van der Waals surface area contributed by atoms with E-state index < -0.39 is 11.7 Å². The minimum Gasteiger partial charge on any atom is -0.261 e. The number of pyridine rings is 1. The highest BCUT2D eigenvalue weighted by Gasteiger charge is 2.30. The van der Waals surface area contributed by atoms with Gasteiger partial charge in [0.05, 0.1) is 17.2 Å². The fourth-order valence-corrected chi connectivity index (χ4v) is 2.67. The lowest BCUT2D eigenvalue weighted by Gasteiger charge is -2.17. The van der Waals surface area contributed by atoms with Gasteiger partial charge in [-0.2, -0.15) is 23.5 Å². The van der Waals surface area contributed by atoms with Gasteiger partial charge in [0.1, 0.15) is 12.7 Å². The van der Waals surface area contributed by atoms with E-state index in [9.17, 15) is 13.2 Å². The number of aromatic nitrogens is 4. The van der Waals surface area contributed by atoms with E-state index in [1.807, 2.05) is 6.07 Å². The van der Waals surface area contributed by atoms with Gasteiger partial charge < -0.3 is 0 Å². The number of nitrogens with zero attached hydrogens (tertiary/aromatic N) is 5. The van der Waals surface area contributed by atoms with Crippen LogP contribution in [-0.4, -0.2) is 19.7 Å². The summed E-state index contributed by atoms with van der Waals surface area (Å²) >= 11 is 0. The summed E-state index contributed by atoms with van der Waals surface area (Å²) in [7, 11) is 0. The lowest BCUT2D eigenvalue weighted by Crippen LogP contribution is -2.14. The number of hydrogen-bond acceptors (Lipinski definition) is 4. The summed E-state index contributed by atoms with van der Waals surface area (Å²) in [5.74, 6) is -0.116. The standard InChI is InChI=1S/C18H14F3N5/c19-18(20,21)16-4-5-17(24-9-16)7-15(10-26-12-23-11-25-26)14-3-1-2-13(6-14)8-22/h1-6,9,11-12,15H,7,10H2. The molecule has 26 heavy (non-hydrogen) atoms. The average Bonchev–Trinajstić information content (AvgIpc) is 3.14. The van der Waals surface area contributed by atoms with Crippen molar-refractivity contribution in [1.82, 2.24) is 19.7 Å². The Bertz CT molecular complexity index is 896. The Morgan fingerprint density at radius 3 is 2.65 bits per heavy atom. The molecular formula is C18H14F3N5. The Kier molecular flexibility index (Phi) is 4.98. The fraction of sp³-hybridized carbons (Fsp3) is 0.222. The lowest BCUT2D eigenvalue weighted by atomic mass is 9.92. The summed E-state index contributed by atoms with van der Waals surface area (Å²) in [6.45, 7) is 0.470. The van der Waals surface area contributed by atoms with Crippen molar-refractivity contribution in [2.45, 2.75) is 25.1 Å². The van der Waals surface area contributed by atoms with Crippen molar-refractivity contribution in [2.75, 3.05) is 0 Å². The highest BCUT2D eigenvalue weighted by atomic mass is 19.4. The Morgan fingerprint density at radius 1 is 1.19 bits per heavy atom. The molecule has 2 aromatic heterocycles. The molecular weight excluding hydrogens is 343 g/mol. The monoisotopic (exact) mass is 357 g/mol. The van der Waals surface area contributed by atoms with Crippen LogP contribution < -0.4 is 0 Å². The first-order chi connectivity index (χ1) is 12.5. The lowest BCUT2D eigenvalue weighted by molar-refractivity contribution is -0.137. The zero-order chi connectivity index (χ0) is 18.6. The summed E-state index contributed by atoms with van der Waals surface area (Å²) < 4.78 is 39.7. The van der Waals surface area contributed by atoms with Crippen molar-refractivity contribution in [3.8, 4) is 6.07 Å². The van der Waals surface area contributed by atoms with Gasteiger partial charge in [0.15, 0.2) is 0 Å². The number of alkyl halides is 3. The van der Waals surface area contributed by atoms with Gasteiger partial charge in [-0.1, -0.05) is 12.1 Å². The van der Waals surface area contributed by atoms with Crippen molar-refractivity contribution in [1.29, 1.82) is 5.26 Å². The van der Waals surface area contributed by atoms with Gasteiger partial charge in [-0.15, -0.1) is 0 Å². The van der Waals surface area contributed by atoms with E-state index in [0.29, 0.717) is 24.2 Å². The summed E-state index contributed by atoms with van der Waals surface area (Å²) in [4.78, 5) is 7.86. The average molecular weight is 357 g/mol. The second-order valence-corrected chi connectivity index (χ2v) is 5.79. The van der Waals surface area contributed by atoms with E-state index in [1.54, 1.807) is 29.2 Å². The molecule has 0 aliphatic heterocycles. The highest BCUT2D eigenvalue weighted by Crippen LogP contribution is 2.29. The molecule has 5 nitrogen and oxygen atoms in total. The first kappa shape index (κ1) is 17.6. The smallest absolute Gasteiger partial charge is 0.261 e. The number of hydrogen-bond donors (Lipinski definition) is 0. The molecule has 8 heteroatoms. The number of benzene rings is 1. The van der Waals surface area contributed by atoms with Crippen LogP contribution in [0.25, 0.3) is 0 Å². The van der Waals surface area contributed by atoms with Gasteiger partial charge >= 0.3 is 6.18 Å². The molecule has 3 aromatic rings. The molecule has 3 rings (SSSR count). The first-order valence-corrected chi connectivity index (χ1v) is 7.80. The zero-order valence-electron chi connectivity index (χ0n) is 13.6. The Labute approximate surface area is 147 Å². The molecule has 0 spiro atoms. The third kappa shape index (κ3) is 4.25. The van der Waals surface area contributed by atoms with Crippen LogP contribution in [0.2, 0.25) is 0 Å². The van der Waals surface area contributed by atoms with Gasteiger partial charge in [0.25, 0.3) is 0 Å². The quantitative estimate of drug-likeness (QED) is 0.700. The molecule has 1 aromatic carbocycles. The topological polar surface area (TPSA) is 67.4 Å². The van der Waals surface area contributed by atoms with Crippen LogP contribution in [0.1, 0.15) is 28.3 Å². The molecule has 0 aliphatic carbocycles. The van der Waals surface area contributed by atoms with Crippen LogP contribution in [0.4, 0.5) is 13.2 Å². The van der Waals surface area contributed by atoms with E-state index in [2.05, 4.69) is 21.1 Å². The number of halogens is 3. The van der Waals surface area contributed by atoms with Crippen LogP contribution in [0.5, 0.6) is 0 Å². The maximum Gasteiger partial charge on any atom is 0.417 e. The molecule has 1 atom stereocenters. The fourth-order valence-electron chi connectivity index (χ4n) is 2.67. The molecule has 0 N–H and O–H groups in total. The van der Waals surface area contributed by atoms with Crippen molar-refractivity contribution in [2.24, 2.45) is 0 Å². The third-order valence-electron chi connectivity index (χ3n) is 3.97. The number of nitriles is 1. The Balaban J connectivity index is 1.87. The van der Waals surface area contributed by atoms with Crippen molar-refractivity contribution in [3.05, 3.63) is 77.6 Å². The molecule has 132 valence electrons. The van der Waals surface area contributed by atoms with Gasteiger partial charge in [0, 0.05) is 24.4 Å². The van der Waals surface area contributed by atoms with Gasteiger partial charge in [-0.05, 0) is 36.2 Å². The van der Waals surface area contributed by atoms with E-state index in [-0.39, 0.29) is 5.92 Å². The van der Waals surface area contributed by atoms with Crippen LogP contribution in [0.15, 0.2) is 55.2 Å². The highest BCUT2D eigenvalue weighted by molar-refractivity contribution is 5.35. The summed E-state index contributed by atoms with van der Waals surface area (Å²) in [5.41, 5.74) is 1.17. The largest absolute Gasteiger partial charge is 0.417 e. The summed E-state index contributed by atoms with van der Waals surface area (Å²) in [5, 5.41) is 13.2. The minimum atomic E-state index is -4.41. The molecule has 2 heterocycles. The summed E-state index contributed by atoms with van der Waals surface area (Å²) in [6, 6.07) is 11.6. The molecule has 0 bridgehead atoms. The minimum absolute atomic E-state index is 0.116. The molecule has 0 fully saturated rings. The van der Waals surface area contributed by atoms with Crippen molar-refractivity contribution >= 4 is 0 Å². The van der Waals surface area contributed by atoms with Crippen molar-refractivity contribution in [3.63, 3.8) is 0 Å². The zero-order valence-corrected chi connectivity index (χ0v) is 13.6. The maximum atomic E-state index is 12.7. The molecule has 1 unspecified atom stereocenters. The maximum absolute atomic E-state index is 12.7. The van der Waals surface area contributed by atoms with E-state index in [0.717, 1.165) is 17.8 Å². The molecule has 0 saturated carbocycles. The first-order valence-electron chi connectivity index (χ1n) is 7.80. The predicted octanol–water partition coefficient (Wildman–Crippen LogP) is 3.59. The predicted molar refractivity (Wildman–Crippen MR) is 86.9 cm³/mol. The van der Waals surface area contributed by atoms with E-state index in [4.69, 9.17) is 5.26 Å². The van der Waals surface area contributed by atoms with Crippen LogP contribution in [0, 0.1) is 11.3 Å². The van der Waals surface area contributed by atoms with E-state index >= 15 is 0 Å². The molecule has 0 amide bonds. The van der Waals surface area contributed by atoms with Gasteiger partial charge in [-0.25, -0.2) is 4.98 Å². The number of rotatable bonds is 5. The Morgan fingerprint density at radius 2 is 2.04 bits per heavy atom. The normalized spacial score (nSPS) is 12.5. The molecule has 0 saturated heterocycles. The van der Waals surface area contributed by atoms with Gasteiger partial charge in [0.2, 0.25) is 0 Å². The second kappa shape index (κ2) is 7.35. The second-order valence-electron chi connectivity index (χ2n) is 5.79. The Hall–Kier alpha value is -3.21. The SMILES string of the molecule is N#Cc1cccc(C(Cc2ccc(C(F)(F)F)cn2)Cn2cncn2)c1. The van der Waals surface area contributed by atoms with Gasteiger partial charge in [-0.3, -0.25) is 9.67 Å². The molecule has 0 radical (unpaired) electrons. The van der Waals surface area contributed by atoms with E-state index in [1.165, 1.54) is 12.4 Å². The van der Waals surface area contributed by atoms with Crippen LogP contribution in [-0.2, 0) is 19.1 Å². The van der Waals surface area contributed by atoms with Crippen LogP contribution in [0.3, 0.4) is 0 Å². The molecule has 0 aliphatic rings. The third-order valence-corrected chi connectivity index (χ3v) is 3.97.